The van der Waals surface area contributed by atoms with Crippen molar-refractivity contribution in [3.8, 4) is 17.6 Å². The van der Waals surface area contributed by atoms with E-state index in [9.17, 15) is 18.5 Å². The molecule has 7 heteroatoms. The molecule has 3 rings (SSSR count). The monoisotopic (exact) mass is 307 g/mol. The van der Waals surface area contributed by atoms with Crippen molar-refractivity contribution in [3.05, 3.63) is 23.8 Å². The highest BCUT2D eigenvalue weighted by molar-refractivity contribution is 7.92. The van der Waals surface area contributed by atoms with E-state index in [0.29, 0.717) is 23.3 Å². The number of rotatable bonds is 4. The molecule has 1 aromatic rings. The van der Waals surface area contributed by atoms with Crippen LogP contribution in [0.15, 0.2) is 18.2 Å². The van der Waals surface area contributed by atoms with Gasteiger partial charge in [-0.25, -0.2) is 8.42 Å². The third kappa shape index (κ3) is 1.83. The fourth-order valence-corrected chi connectivity index (χ4v) is 4.84. The first-order valence-corrected chi connectivity index (χ1v) is 8.20. The second kappa shape index (κ2) is 4.46. The Morgan fingerprint density at radius 3 is 2.76 bits per heavy atom. The van der Waals surface area contributed by atoms with E-state index in [1.165, 1.54) is 6.92 Å². The summed E-state index contributed by atoms with van der Waals surface area (Å²) in [6.07, 6.45) is 0.458. The normalized spacial score (nSPS) is 29.7. The van der Waals surface area contributed by atoms with E-state index in [1.54, 1.807) is 18.2 Å². The first-order chi connectivity index (χ1) is 10.00. The molecule has 1 saturated carbocycles. The van der Waals surface area contributed by atoms with Gasteiger partial charge in [-0.1, -0.05) is 13.0 Å². The highest BCUT2D eigenvalue weighted by Gasteiger charge is 2.72. The van der Waals surface area contributed by atoms with Crippen LogP contribution in [0.4, 0.5) is 0 Å². The average Bonchev–Trinajstić information content (AvgIpc) is 2.98. The zero-order valence-electron chi connectivity index (χ0n) is 11.3. The van der Waals surface area contributed by atoms with Gasteiger partial charge in [0, 0.05) is 11.7 Å². The SMILES string of the molecule is CCS(=O)(=O)[C@@H]1[C@H](c2ccc3c(c2)OCO3)[C@]1(C#N)C=O. The number of hydrogen-bond donors (Lipinski definition) is 0. The van der Waals surface area contributed by atoms with Gasteiger partial charge in [-0.2, -0.15) is 5.26 Å². The lowest BCUT2D eigenvalue weighted by atomic mass is 10.0. The van der Waals surface area contributed by atoms with Crippen LogP contribution in [0.25, 0.3) is 0 Å². The van der Waals surface area contributed by atoms with Crippen LogP contribution in [-0.4, -0.2) is 32.5 Å². The molecule has 1 aliphatic heterocycles. The molecule has 0 unspecified atom stereocenters. The summed E-state index contributed by atoms with van der Waals surface area (Å²) in [5, 5.41) is 8.32. The molecule has 3 atom stereocenters. The predicted octanol–water partition coefficient (Wildman–Crippen LogP) is 1.02. The molecule has 6 nitrogen and oxygen atoms in total. The predicted molar refractivity (Wildman–Crippen MR) is 72.7 cm³/mol. The summed E-state index contributed by atoms with van der Waals surface area (Å²) in [4.78, 5) is 11.4. The minimum atomic E-state index is -3.49. The van der Waals surface area contributed by atoms with E-state index in [4.69, 9.17) is 9.47 Å². The molecule has 0 radical (unpaired) electrons. The number of nitrogens with zero attached hydrogens (tertiary/aromatic N) is 1. The van der Waals surface area contributed by atoms with E-state index in [2.05, 4.69) is 0 Å². The van der Waals surface area contributed by atoms with Crippen LogP contribution in [0.1, 0.15) is 18.4 Å². The van der Waals surface area contributed by atoms with Crippen molar-refractivity contribution in [1.29, 1.82) is 5.26 Å². The molecule has 1 heterocycles. The fraction of sp³-hybridized carbons (Fsp3) is 0.429. The highest BCUT2D eigenvalue weighted by Crippen LogP contribution is 2.62. The third-order valence-corrected chi connectivity index (χ3v) is 6.35. The molecule has 0 spiro atoms. The van der Waals surface area contributed by atoms with Crippen molar-refractivity contribution in [3.63, 3.8) is 0 Å². The number of ether oxygens (including phenoxy) is 2. The highest BCUT2D eigenvalue weighted by atomic mass is 32.2. The zero-order chi connectivity index (χ0) is 15.3. The smallest absolute Gasteiger partial charge is 0.231 e. The van der Waals surface area contributed by atoms with E-state index < -0.39 is 26.4 Å². The van der Waals surface area contributed by atoms with Gasteiger partial charge in [-0.05, 0) is 17.7 Å². The van der Waals surface area contributed by atoms with Crippen LogP contribution in [0, 0.1) is 16.7 Å². The topological polar surface area (TPSA) is 93.5 Å². The lowest BCUT2D eigenvalue weighted by Crippen LogP contribution is -2.17. The summed E-state index contributed by atoms with van der Waals surface area (Å²) >= 11 is 0. The van der Waals surface area contributed by atoms with Crippen molar-refractivity contribution in [1.82, 2.24) is 0 Å². The lowest BCUT2D eigenvalue weighted by Gasteiger charge is -2.02. The molecule has 0 bridgehead atoms. The average molecular weight is 307 g/mol. The maximum Gasteiger partial charge on any atom is 0.231 e. The number of carbonyl (C=O) groups excluding carboxylic acids is 1. The quantitative estimate of drug-likeness (QED) is 0.771. The van der Waals surface area contributed by atoms with Gasteiger partial charge in [0.25, 0.3) is 0 Å². The van der Waals surface area contributed by atoms with Gasteiger partial charge in [-0.3, -0.25) is 0 Å². The summed E-state index contributed by atoms with van der Waals surface area (Å²) in [5.74, 6) is 0.322. The van der Waals surface area contributed by atoms with Crippen LogP contribution in [-0.2, 0) is 14.6 Å². The summed E-state index contributed by atoms with van der Waals surface area (Å²) in [6, 6.07) is 6.88. The minimum Gasteiger partial charge on any atom is -0.454 e. The van der Waals surface area contributed by atoms with E-state index in [1.807, 2.05) is 6.07 Å². The van der Waals surface area contributed by atoms with Crippen LogP contribution in [0.5, 0.6) is 11.5 Å². The number of nitriles is 1. The first-order valence-electron chi connectivity index (χ1n) is 6.49. The largest absolute Gasteiger partial charge is 0.454 e. The van der Waals surface area contributed by atoms with Gasteiger partial charge >= 0.3 is 0 Å². The number of hydrogen-bond acceptors (Lipinski definition) is 6. The van der Waals surface area contributed by atoms with Gasteiger partial charge < -0.3 is 14.3 Å². The Balaban J connectivity index is 2.05. The molecule has 0 N–H and O–H groups in total. The Kier molecular flexibility index (Phi) is 2.95. The van der Waals surface area contributed by atoms with Crippen molar-refractivity contribution >= 4 is 16.1 Å². The van der Waals surface area contributed by atoms with Crippen LogP contribution >= 0.6 is 0 Å². The molecule has 1 fully saturated rings. The molecular weight excluding hydrogens is 294 g/mol. The Hall–Kier alpha value is -2.07. The summed E-state index contributed by atoms with van der Waals surface area (Å²) in [5.41, 5.74) is -0.891. The van der Waals surface area contributed by atoms with Crippen molar-refractivity contribution < 1.29 is 22.7 Å². The molecule has 110 valence electrons. The Bertz CT molecular complexity index is 751. The van der Waals surface area contributed by atoms with Gasteiger partial charge in [0.1, 0.15) is 11.7 Å². The Labute approximate surface area is 122 Å². The molecule has 1 aliphatic carbocycles. The number of fused-ring (bicyclic) bond motifs is 1. The van der Waals surface area contributed by atoms with Crippen molar-refractivity contribution in [2.75, 3.05) is 12.5 Å². The molecule has 1 aromatic carbocycles. The van der Waals surface area contributed by atoms with E-state index in [0.717, 1.165) is 0 Å². The molecule has 0 aromatic heterocycles. The molecular formula is C14H13NO5S. The summed E-state index contributed by atoms with van der Waals surface area (Å²) < 4.78 is 34.7. The Morgan fingerprint density at radius 2 is 2.14 bits per heavy atom. The first kappa shape index (κ1) is 13.9. The summed E-state index contributed by atoms with van der Waals surface area (Å²) in [7, 11) is -3.49. The fourth-order valence-electron chi connectivity index (χ4n) is 2.92. The van der Waals surface area contributed by atoms with Crippen LogP contribution < -0.4 is 9.47 Å². The third-order valence-electron chi connectivity index (χ3n) is 4.11. The molecule has 0 amide bonds. The van der Waals surface area contributed by atoms with Crippen molar-refractivity contribution in [2.45, 2.75) is 18.1 Å². The molecule has 21 heavy (non-hydrogen) atoms. The van der Waals surface area contributed by atoms with E-state index in [-0.39, 0.29) is 12.5 Å². The maximum atomic E-state index is 12.1. The van der Waals surface area contributed by atoms with Gasteiger partial charge in [0.05, 0.1) is 11.3 Å². The number of carbonyl (C=O) groups is 1. The van der Waals surface area contributed by atoms with Crippen LogP contribution in [0.2, 0.25) is 0 Å². The maximum absolute atomic E-state index is 12.1. The Morgan fingerprint density at radius 1 is 1.43 bits per heavy atom. The second-order valence-corrected chi connectivity index (χ2v) is 7.54. The summed E-state index contributed by atoms with van der Waals surface area (Å²) in [6.45, 7) is 1.62. The standard InChI is InChI=1S/C14H13NO5S/c1-2-21(17,18)13-12(14(13,6-15)7-16)9-3-4-10-11(5-9)20-8-19-10/h3-5,7,12-13H,2,8H2,1H3/t12-,13+,14-/m0/s1. The second-order valence-electron chi connectivity index (χ2n) is 5.13. The van der Waals surface area contributed by atoms with Gasteiger partial charge in [0.15, 0.2) is 21.3 Å². The van der Waals surface area contributed by atoms with Crippen molar-refractivity contribution in [2.24, 2.45) is 5.41 Å². The number of aldehydes is 1. The number of sulfone groups is 1. The van der Waals surface area contributed by atoms with Crippen LogP contribution in [0.3, 0.4) is 0 Å². The van der Waals surface area contributed by atoms with Gasteiger partial charge in [0.2, 0.25) is 6.79 Å². The van der Waals surface area contributed by atoms with E-state index >= 15 is 0 Å². The number of benzene rings is 1. The molecule has 0 saturated heterocycles. The minimum absolute atomic E-state index is 0.101. The van der Waals surface area contributed by atoms with Gasteiger partial charge in [-0.15, -0.1) is 0 Å². The molecule has 2 aliphatic rings. The zero-order valence-corrected chi connectivity index (χ0v) is 12.1. The lowest BCUT2D eigenvalue weighted by molar-refractivity contribution is -0.110.